The van der Waals surface area contributed by atoms with Crippen molar-refractivity contribution in [3.8, 4) is 0 Å². The van der Waals surface area contributed by atoms with Gasteiger partial charge < -0.3 is 26.0 Å². The Bertz CT molecular complexity index is 982. The second kappa shape index (κ2) is 10.2. The summed E-state index contributed by atoms with van der Waals surface area (Å²) in [5, 5.41) is 10.4. The molecule has 4 N–H and O–H groups in total. The van der Waals surface area contributed by atoms with Crippen molar-refractivity contribution in [2.45, 2.75) is 33.3 Å². The summed E-state index contributed by atoms with van der Waals surface area (Å²) in [5.41, 5.74) is 0.899. The molecule has 9 heteroatoms. The first-order valence-electron chi connectivity index (χ1n) is 9.58. The Hall–Kier alpha value is -3.88. The molecule has 2 rings (SSSR count). The Balaban J connectivity index is 2.02. The lowest BCUT2D eigenvalue weighted by Gasteiger charge is -2.19. The van der Waals surface area contributed by atoms with Gasteiger partial charge in [-0.15, -0.1) is 0 Å². The topological polar surface area (TPSA) is 126 Å². The predicted molar refractivity (Wildman–Crippen MR) is 118 cm³/mol. The highest BCUT2D eigenvalue weighted by Gasteiger charge is 2.17. The van der Waals surface area contributed by atoms with E-state index in [0.717, 1.165) is 0 Å². The summed E-state index contributed by atoms with van der Waals surface area (Å²) in [7, 11) is 0. The number of hydrogen-bond donors (Lipinski definition) is 4. The summed E-state index contributed by atoms with van der Waals surface area (Å²) in [4.78, 5) is 47.7. The number of nitrogens with one attached hydrogen (secondary N) is 4. The molecule has 31 heavy (non-hydrogen) atoms. The van der Waals surface area contributed by atoms with Gasteiger partial charge in [-0.05, 0) is 51.1 Å². The zero-order chi connectivity index (χ0) is 23.0. The fraction of sp³-hybridized carbons (Fsp3) is 0.273. The van der Waals surface area contributed by atoms with Gasteiger partial charge in [0.1, 0.15) is 12.1 Å². The van der Waals surface area contributed by atoms with Gasteiger partial charge in [0, 0.05) is 18.2 Å². The lowest BCUT2D eigenvalue weighted by atomic mass is 10.1. The molecule has 0 saturated heterocycles. The highest BCUT2D eigenvalue weighted by molar-refractivity contribution is 6.08. The van der Waals surface area contributed by atoms with Crippen LogP contribution in [0.3, 0.4) is 0 Å². The number of carbonyl (C=O) groups is 4. The van der Waals surface area contributed by atoms with Gasteiger partial charge in [-0.25, -0.2) is 4.79 Å². The molecule has 0 aliphatic carbocycles. The largest absolute Gasteiger partial charge is 0.444 e. The molecule has 4 amide bonds. The van der Waals surface area contributed by atoms with E-state index in [1.54, 1.807) is 69.3 Å². The number of para-hydroxylation sites is 2. The zero-order valence-electron chi connectivity index (χ0n) is 17.9. The van der Waals surface area contributed by atoms with Crippen LogP contribution in [-0.2, 0) is 14.3 Å². The minimum absolute atomic E-state index is 0.245. The van der Waals surface area contributed by atoms with Gasteiger partial charge in [0.25, 0.3) is 5.91 Å². The second-order valence-electron chi connectivity index (χ2n) is 7.67. The van der Waals surface area contributed by atoms with Crippen molar-refractivity contribution in [1.82, 2.24) is 5.32 Å². The normalized spacial score (nSPS) is 10.6. The predicted octanol–water partition coefficient (Wildman–Crippen LogP) is 3.36. The Morgan fingerprint density at radius 3 is 2.13 bits per heavy atom. The molecule has 0 atom stereocenters. The van der Waals surface area contributed by atoms with Crippen molar-refractivity contribution < 1.29 is 23.9 Å². The Morgan fingerprint density at radius 2 is 1.52 bits per heavy atom. The van der Waals surface area contributed by atoms with Crippen LogP contribution >= 0.6 is 0 Å². The summed E-state index contributed by atoms with van der Waals surface area (Å²) >= 11 is 0. The van der Waals surface area contributed by atoms with E-state index in [1.165, 1.54) is 6.92 Å². The molecule has 0 fully saturated rings. The van der Waals surface area contributed by atoms with Crippen molar-refractivity contribution in [3.63, 3.8) is 0 Å². The molecule has 0 spiro atoms. The van der Waals surface area contributed by atoms with Gasteiger partial charge in [0.05, 0.1) is 11.4 Å². The monoisotopic (exact) mass is 426 g/mol. The lowest BCUT2D eigenvalue weighted by Crippen LogP contribution is -2.37. The van der Waals surface area contributed by atoms with Crippen molar-refractivity contribution in [2.24, 2.45) is 0 Å². The number of benzene rings is 2. The van der Waals surface area contributed by atoms with Crippen LogP contribution in [0.4, 0.5) is 21.9 Å². The quantitative estimate of drug-likeness (QED) is 0.564. The number of hydrogen-bond acceptors (Lipinski definition) is 5. The molecule has 9 nitrogen and oxygen atoms in total. The maximum Gasteiger partial charge on any atom is 0.408 e. The minimum atomic E-state index is -0.705. The van der Waals surface area contributed by atoms with E-state index in [4.69, 9.17) is 4.74 Å². The molecule has 0 heterocycles. The number of ether oxygens (including phenoxy) is 1. The number of alkyl carbamates (subject to hydrolysis) is 1. The fourth-order valence-electron chi connectivity index (χ4n) is 2.50. The van der Waals surface area contributed by atoms with Gasteiger partial charge in [-0.1, -0.05) is 18.2 Å². The van der Waals surface area contributed by atoms with E-state index < -0.39 is 23.5 Å². The zero-order valence-corrected chi connectivity index (χ0v) is 17.9. The van der Waals surface area contributed by atoms with Crippen LogP contribution in [0.25, 0.3) is 0 Å². The molecule has 2 aromatic rings. The minimum Gasteiger partial charge on any atom is -0.444 e. The number of rotatable bonds is 6. The van der Waals surface area contributed by atoms with Crippen LogP contribution in [0.1, 0.15) is 38.1 Å². The van der Waals surface area contributed by atoms with Crippen molar-refractivity contribution in [2.75, 3.05) is 22.5 Å². The van der Waals surface area contributed by atoms with Gasteiger partial charge in [0.2, 0.25) is 11.8 Å². The first-order chi connectivity index (χ1) is 14.5. The third-order valence-electron chi connectivity index (χ3n) is 3.69. The van der Waals surface area contributed by atoms with Gasteiger partial charge in [0.15, 0.2) is 0 Å². The molecule has 0 aliphatic rings. The smallest absolute Gasteiger partial charge is 0.408 e. The van der Waals surface area contributed by atoms with E-state index in [0.29, 0.717) is 22.6 Å². The van der Waals surface area contributed by atoms with E-state index in [9.17, 15) is 19.2 Å². The summed E-state index contributed by atoms with van der Waals surface area (Å²) in [5.74, 6) is -1.15. The van der Waals surface area contributed by atoms with Crippen LogP contribution in [0.5, 0.6) is 0 Å². The highest BCUT2D eigenvalue weighted by Crippen LogP contribution is 2.22. The number of anilines is 3. The van der Waals surface area contributed by atoms with E-state index in [-0.39, 0.29) is 12.5 Å². The third-order valence-corrected chi connectivity index (χ3v) is 3.69. The molecule has 0 radical (unpaired) electrons. The van der Waals surface area contributed by atoms with Crippen molar-refractivity contribution in [3.05, 3.63) is 54.1 Å². The Morgan fingerprint density at radius 1 is 0.871 bits per heavy atom. The van der Waals surface area contributed by atoms with E-state index in [1.807, 2.05) is 0 Å². The molecular weight excluding hydrogens is 400 g/mol. The number of amides is 4. The van der Waals surface area contributed by atoms with Gasteiger partial charge in [-0.3, -0.25) is 14.4 Å². The summed E-state index contributed by atoms with van der Waals surface area (Å²) in [6.45, 7) is 6.24. The summed E-state index contributed by atoms with van der Waals surface area (Å²) in [6, 6.07) is 13.1. The maximum absolute atomic E-state index is 12.6. The molecule has 2 aromatic carbocycles. The molecule has 0 unspecified atom stereocenters. The van der Waals surface area contributed by atoms with Crippen molar-refractivity contribution >= 4 is 40.9 Å². The first-order valence-corrected chi connectivity index (χ1v) is 9.58. The average molecular weight is 426 g/mol. The molecule has 0 bridgehead atoms. The third kappa shape index (κ3) is 8.17. The maximum atomic E-state index is 12.6. The van der Waals surface area contributed by atoms with Crippen molar-refractivity contribution in [1.29, 1.82) is 0 Å². The van der Waals surface area contributed by atoms with E-state index >= 15 is 0 Å². The first kappa shape index (κ1) is 23.4. The molecule has 164 valence electrons. The van der Waals surface area contributed by atoms with E-state index in [2.05, 4.69) is 21.3 Å². The summed E-state index contributed by atoms with van der Waals surface area (Å²) < 4.78 is 5.08. The lowest BCUT2D eigenvalue weighted by molar-refractivity contribution is -0.115. The SMILES string of the molecule is CC(=O)Nc1cccc(C(=O)Nc2ccccc2NC(=O)CNC(=O)OC(C)(C)C)c1. The highest BCUT2D eigenvalue weighted by atomic mass is 16.6. The average Bonchev–Trinajstić information content (AvgIpc) is 2.66. The molecule has 0 aromatic heterocycles. The standard InChI is InChI=1S/C22H26N4O5/c1-14(27)24-16-9-7-8-15(12-16)20(29)26-18-11-6-5-10-17(18)25-19(28)13-23-21(30)31-22(2,3)4/h5-12H,13H2,1-4H3,(H,23,30)(H,24,27)(H,25,28)(H,26,29). The fourth-order valence-corrected chi connectivity index (χ4v) is 2.50. The van der Waals surface area contributed by atoms with Crippen LogP contribution in [0.2, 0.25) is 0 Å². The van der Waals surface area contributed by atoms with Crippen LogP contribution < -0.4 is 21.3 Å². The second-order valence-corrected chi connectivity index (χ2v) is 7.67. The Kier molecular flexibility index (Phi) is 7.73. The molecule has 0 aliphatic heterocycles. The van der Waals surface area contributed by atoms with Crippen LogP contribution in [0, 0.1) is 0 Å². The number of carbonyl (C=O) groups excluding carboxylic acids is 4. The molecular formula is C22H26N4O5. The van der Waals surface area contributed by atoms with Crippen LogP contribution in [0.15, 0.2) is 48.5 Å². The Labute approximate surface area is 180 Å². The van der Waals surface area contributed by atoms with Gasteiger partial charge in [-0.2, -0.15) is 0 Å². The molecule has 0 saturated carbocycles. The van der Waals surface area contributed by atoms with Crippen LogP contribution in [-0.4, -0.2) is 36.0 Å². The summed E-state index contributed by atoms with van der Waals surface area (Å²) in [6.07, 6.45) is -0.705. The van der Waals surface area contributed by atoms with Gasteiger partial charge >= 0.3 is 6.09 Å².